The maximum Gasteiger partial charge on any atom is 0.254 e. The molecule has 1 saturated heterocycles. The van der Waals surface area contributed by atoms with Gasteiger partial charge in [-0.15, -0.1) is 12.4 Å². The Labute approximate surface area is 101 Å². The van der Waals surface area contributed by atoms with Gasteiger partial charge in [-0.1, -0.05) is 0 Å². The van der Waals surface area contributed by atoms with Crippen LogP contribution in [-0.2, 0) is 0 Å². The van der Waals surface area contributed by atoms with Gasteiger partial charge in [0.1, 0.15) is 6.26 Å². The van der Waals surface area contributed by atoms with E-state index in [1.54, 1.807) is 6.07 Å². The van der Waals surface area contributed by atoms with Crippen molar-refractivity contribution in [3.05, 3.63) is 24.2 Å². The van der Waals surface area contributed by atoms with E-state index in [9.17, 15) is 4.79 Å². The lowest BCUT2D eigenvalue weighted by atomic mass is 10.00. The predicted octanol–water partition coefficient (Wildman–Crippen LogP) is 1.43. The Bertz CT molecular complexity index is 308. The van der Waals surface area contributed by atoms with Crippen LogP contribution in [0.15, 0.2) is 23.0 Å². The number of carbonyl (C=O) groups excluding carboxylic acids is 1. The molecule has 0 saturated carbocycles. The molecule has 1 aliphatic rings. The van der Waals surface area contributed by atoms with Gasteiger partial charge in [0.2, 0.25) is 0 Å². The number of amides is 1. The van der Waals surface area contributed by atoms with E-state index < -0.39 is 0 Å². The van der Waals surface area contributed by atoms with Crippen LogP contribution in [0.3, 0.4) is 0 Å². The Kier molecular flexibility index (Phi) is 5.35. The van der Waals surface area contributed by atoms with Gasteiger partial charge in [0.05, 0.1) is 11.8 Å². The Morgan fingerprint density at radius 1 is 1.62 bits per heavy atom. The molecule has 4 nitrogen and oxygen atoms in total. The molecule has 16 heavy (non-hydrogen) atoms. The number of hydrogen-bond donors (Lipinski definition) is 2. The van der Waals surface area contributed by atoms with Crippen molar-refractivity contribution in [2.45, 2.75) is 12.8 Å². The molecule has 1 fully saturated rings. The summed E-state index contributed by atoms with van der Waals surface area (Å²) in [7, 11) is 0. The Morgan fingerprint density at radius 2 is 2.50 bits per heavy atom. The molecular formula is C11H17ClN2O2. The fourth-order valence-corrected chi connectivity index (χ4v) is 1.83. The second-order valence-electron chi connectivity index (χ2n) is 3.93. The first kappa shape index (κ1) is 13.1. The average Bonchev–Trinajstić information content (AvgIpc) is 2.81. The Balaban J connectivity index is 0.00000128. The molecule has 0 aliphatic carbocycles. The monoisotopic (exact) mass is 244 g/mol. The average molecular weight is 245 g/mol. The molecule has 5 heteroatoms. The van der Waals surface area contributed by atoms with Crippen molar-refractivity contribution in [2.75, 3.05) is 19.6 Å². The second kappa shape index (κ2) is 6.55. The SMILES string of the molecule is Cl.O=C(NCC1CCCNC1)c1ccoc1. The number of hydrogen-bond acceptors (Lipinski definition) is 3. The number of halogens is 1. The zero-order chi connectivity index (χ0) is 10.5. The number of nitrogens with one attached hydrogen (secondary N) is 2. The summed E-state index contributed by atoms with van der Waals surface area (Å²) in [6, 6.07) is 1.68. The zero-order valence-electron chi connectivity index (χ0n) is 9.07. The van der Waals surface area contributed by atoms with E-state index in [4.69, 9.17) is 4.42 Å². The molecular weight excluding hydrogens is 228 g/mol. The van der Waals surface area contributed by atoms with E-state index in [0.29, 0.717) is 11.5 Å². The minimum atomic E-state index is -0.0469. The van der Waals surface area contributed by atoms with E-state index in [2.05, 4.69) is 10.6 Å². The van der Waals surface area contributed by atoms with Gasteiger partial charge in [-0.05, 0) is 37.9 Å². The summed E-state index contributed by atoms with van der Waals surface area (Å²) in [5, 5.41) is 6.24. The number of piperidine rings is 1. The van der Waals surface area contributed by atoms with Crippen LogP contribution in [0.2, 0.25) is 0 Å². The summed E-state index contributed by atoms with van der Waals surface area (Å²) in [6.07, 6.45) is 5.37. The van der Waals surface area contributed by atoms with Gasteiger partial charge in [-0.2, -0.15) is 0 Å². The molecule has 1 unspecified atom stereocenters. The van der Waals surface area contributed by atoms with Gasteiger partial charge in [-0.25, -0.2) is 0 Å². The number of carbonyl (C=O) groups is 1. The highest BCUT2D eigenvalue weighted by Gasteiger charge is 2.14. The first-order valence-electron chi connectivity index (χ1n) is 5.37. The van der Waals surface area contributed by atoms with Gasteiger partial charge in [0, 0.05) is 6.54 Å². The first-order chi connectivity index (χ1) is 7.36. The smallest absolute Gasteiger partial charge is 0.254 e. The molecule has 0 spiro atoms. The van der Waals surface area contributed by atoms with Gasteiger partial charge in [-0.3, -0.25) is 4.79 Å². The largest absolute Gasteiger partial charge is 0.472 e. The molecule has 1 aromatic rings. The molecule has 0 aromatic carbocycles. The van der Waals surface area contributed by atoms with Crippen LogP contribution in [0.4, 0.5) is 0 Å². The molecule has 1 aromatic heterocycles. The lowest BCUT2D eigenvalue weighted by Gasteiger charge is -2.22. The second-order valence-corrected chi connectivity index (χ2v) is 3.93. The third-order valence-corrected chi connectivity index (χ3v) is 2.73. The Hall–Kier alpha value is -1.00. The van der Waals surface area contributed by atoms with Crippen molar-refractivity contribution in [3.63, 3.8) is 0 Å². The van der Waals surface area contributed by atoms with Gasteiger partial charge in [0.15, 0.2) is 0 Å². The van der Waals surface area contributed by atoms with E-state index in [-0.39, 0.29) is 18.3 Å². The fraction of sp³-hybridized carbons (Fsp3) is 0.545. The van der Waals surface area contributed by atoms with Crippen molar-refractivity contribution < 1.29 is 9.21 Å². The van der Waals surface area contributed by atoms with Crippen molar-refractivity contribution in [3.8, 4) is 0 Å². The molecule has 2 N–H and O–H groups in total. The molecule has 90 valence electrons. The van der Waals surface area contributed by atoms with Crippen LogP contribution in [-0.4, -0.2) is 25.5 Å². The Morgan fingerprint density at radius 3 is 3.12 bits per heavy atom. The summed E-state index contributed by atoms with van der Waals surface area (Å²) in [6.45, 7) is 2.86. The fourth-order valence-electron chi connectivity index (χ4n) is 1.83. The number of furan rings is 1. The van der Waals surface area contributed by atoms with E-state index in [1.165, 1.54) is 25.4 Å². The molecule has 1 amide bonds. The topological polar surface area (TPSA) is 54.3 Å². The van der Waals surface area contributed by atoms with E-state index in [1.807, 2.05) is 0 Å². The van der Waals surface area contributed by atoms with Crippen LogP contribution in [0, 0.1) is 5.92 Å². The summed E-state index contributed by atoms with van der Waals surface area (Å²) in [4.78, 5) is 11.6. The molecule has 1 atom stereocenters. The van der Waals surface area contributed by atoms with Crippen LogP contribution in [0.1, 0.15) is 23.2 Å². The molecule has 2 rings (SSSR count). The first-order valence-corrected chi connectivity index (χ1v) is 5.37. The number of rotatable bonds is 3. The minimum absolute atomic E-state index is 0. The summed E-state index contributed by atoms with van der Waals surface area (Å²) >= 11 is 0. The van der Waals surface area contributed by atoms with Crippen LogP contribution >= 0.6 is 12.4 Å². The van der Waals surface area contributed by atoms with E-state index >= 15 is 0 Å². The zero-order valence-corrected chi connectivity index (χ0v) is 9.89. The predicted molar refractivity (Wildman–Crippen MR) is 63.9 cm³/mol. The van der Waals surface area contributed by atoms with E-state index in [0.717, 1.165) is 19.6 Å². The van der Waals surface area contributed by atoms with Crippen LogP contribution in [0.25, 0.3) is 0 Å². The van der Waals surface area contributed by atoms with Gasteiger partial charge < -0.3 is 15.1 Å². The quantitative estimate of drug-likeness (QED) is 0.846. The summed E-state index contributed by atoms with van der Waals surface area (Å²) in [5.41, 5.74) is 0.596. The highest BCUT2D eigenvalue weighted by atomic mass is 35.5. The lowest BCUT2D eigenvalue weighted by molar-refractivity contribution is 0.0944. The highest BCUT2D eigenvalue weighted by molar-refractivity contribution is 5.93. The van der Waals surface area contributed by atoms with Crippen LogP contribution < -0.4 is 10.6 Å². The molecule has 0 radical (unpaired) electrons. The van der Waals surface area contributed by atoms with Crippen molar-refractivity contribution in [2.24, 2.45) is 5.92 Å². The van der Waals surface area contributed by atoms with Gasteiger partial charge in [0.25, 0.3) is 5.91 Å². The highest BCUT2D eigenvalue weighted by Crippen LogP contribution is 2.08. The third kappa shape index (κ3) is 3.54. The van der Waals surface area contributed by atoms with Crippen molar-refractivity contribution in [1.29, 1.82) is 0 Å². The third-order valence-electron chi connectivity index (χ3n) is 2.73. The standard InChI is InChI=1S/C11H16N2O2.ClH/c14-11(10-3-5-15-8-10)13-7-9-2-1-4-12-6-9;/h3,5,8-9,12H,1-2,4,6-7H2,(H,13,14);1H. The van der Waals surface area contributed by atoms with Crippen LogP contribution in [0.5, 0.6) is 0 Å². The molecule has 1 aliphatic heterocycles. The maximum absolute atomic E-state index is 11.6. The minimum Gasteiger partial charge on any atom is -0.472 e. The lowest BCUT2D eigenvalue weighted by Crippen LogP contribution is -2.38. The molecule has 2 heterocycles. The van der Waals surface area contributed by atoms with Crippen molar-refractivity contribution >= 4 is 18.3 Å². The molecule has 0 bridgehead atoms. The summed E-state index contributed by atoms with van der Waals surface area (Å²) < 4.78 is 4.85. The van der Waals surface area contributed by atoms with Gasteiger partial charge >= 0.3 is 0 Å². The normalized spacial score (nSPS) is 19.9. The summed E-state index contributed by atoms with van der Waals surface area (Å²) in [5.74, 6) is 0.518. The maximum atomic E-state index is 11.6. The van der Waals surface area contributed by atoms with Crippen molar-refractivity contribution in [1.82, 2.24) is 10.6 Å².